The second-order valence-electron chi connectivity index (χ2n) is 5.90. The van der Waals surface area contributed by atoms with Gasteiger partial charge in [-0.15, -0.1) is 0 Å². The molecule has 114 valence electrons. The van der Waals surface area contributed by atoms with Crippen LogP contribution in [0.15, 0.2) is 6.07 Å². The smallest absolute Gasteiger partial charge is 0.339 e. The van der Waals surface area contributed by atoms with Gasteiger partial charge in [-0.25, -0.2) is 9.78 Å². The standard InChI is InChI=1S/C16H22N2O3/c1-21-12-6-8-18(9-7-12)15-13(16(19)20)10-11-4-2-3-5-14(11)17-15/h10,12H,2-9H2,1H3,(H,19,20). The van der Waals surface area contributed by atoms with Crippen LogP contribution in [-0.4, -0.2) is 42.4 Å². The number of carboxylic acid groups (broad SMARTS) is 1. The maximum absolute atomic E-state index is 11.6. The van der Waals surface area contributed by atoms with Gasteiger partial charge in [-0.3, -0.25) is 0 Å². The van der Waals surface area contributed by atoms with Crippen molar-refractivity contribution in [3.63, 3.8) is 0 Å². The number of fused-ring (bicyclic) bond motifs is 1. The lowest BCUT2D eigenvalue weighted by Gasteiger charge is -2.33. The van der Waals surface area contributed by atoms with E-state index in [1.165, 1.54) is 0 Å². The zero-order valence-corrected chi connectivity index (χ0v) is 12.5. The third-order valence-electron chi connectivity index (χ3n) is 4.59. The summed E-state index contributed by atoms with van der Waals surface area (Å²) in [6.07, 6.45) is 6.34. The topological polar surface area (TPSA) is 62.7 Å². The van der Waals surface area contributed by atoms with Crippen molar-refractivity contribution >= 4 is 11.8 Å². The predicted octanol–water partition coefficient (Wildman–Crippen LogP) is 2.27. The zero-order chi connectivity index (χ0) is 14.8. The lowest BCUT2D eigenvalue weighted by atomic mass is 9.94. The third kappa shape index (κ3) is 2.88. The van der Waals surface area contributed by atoms with Crippen molar-refractivity contribution < 1.29 is 14.6 Å². The van der Waals surface area contributed by atoms with E-state index in [0.29, 0.717) is 11.4 Å². The summed E-state index contributed by atoms with van der Waals surface area (Å²) in [6.45, 7) is 1.62. The number of anilines is 1. The Bertz CT molecular complexity index is 537. The molecule has 0 aromatic carbocycles. The van der Waals surface area contributed by atoms with Gasteiger partial charge in [0, 0.05) is 25.9 Å². The number of carbonyl (C=O) groups is 1. The van der Waals surface area contributed by atoms with Crippen LogP contribution in [0.2, 0.25) is 0 Å². The molecule has 1 aliphatic heterocycles. The van der Waals surface area contributed by atoms with Gasteiger partial charge >= 0.3 is 5.97 Å². The molecule has 5 heteroatoms. The summed E-state index contributed by atoms with van der Waals surface area (Å²) in [5.41, 5.74) is 2.57. The van der Waals surface area contributed by atoms with Gasteiger partial charge in [-0.2, -0.15) is 0 Å². The number of aromatic carboxylic acids is 1. The van der Waals surface area contributed by atoms with Gasteiger partial charge in [-0.1, -0.05) is 0 Å². The highest BCUT2D eigenvalue weighted by Crippen LogP contribution is 2.29. The number of methoxy groups -OCH3 is 1. The molecule has 1 aromatic heterocycles. The quantitative estimate of drug-likeness (QED) is 0.925. The van der Waals surface area contributed by atoms with Crippen molar-refractivity contribution in [2.75, 3.05) is 25.1 Å². The summed E-state index contributed by atoms with van der Waals surface area (Å²) in [5, 5.41) is 9.50. The van der Waals surface area contributed by atoms with Crippen molar-refractivity contribution in [3.8, 4) is 0 Å². The van der Waals surface area contributed by atoms with E-state index < -0.39 is 5.97 Å². The molecule has 1 fully saturated rings. The summed E-state index contributed by atoms with van der Waals surface area (Å²) in [6, 6.07) is 1.85. The summed E-state index contributed by atoms with van der Waals surface area (Å²) in [4.78, 5) is 18.4. The van der Waals surface area contributed by atoms with E-state index in [1.807, 2.05) is 6.07 Å². The van der Waals surface area contributed by atoms with Gasteiger partial charge in [0.15, 0.2) is 0 Å². The van der Waals surface area contributed by atoms with Crippen LogP contribution >= 0.6 is 0 Å². The molecule has 0 radical (unpaired) electrons. The minimum atomic E-state index is -0.875. The van der Waals surface area contributed by atoms with Crippen molar-refractivity contribution in [2.45, 2.75) is 44.6 Å². The number of nitrogens with zero attached hydrogens (tertiary/aromatic N) is 2. The summed E-state index contributed by atoms with van der Waals surface area (Å²) in [5.74, 6) is -0.225. The van der Waals surface area contributed by atoms with Gasteiger partial charge in [-0.05, 0) is 50.2 Å². The summed E-state index contributed by atoms with van der Waals surface area (Å²) >= 11 is 0. The van der Waals surface area contributed by atoms with E-state index >= 15 is 0 Å². The summed E-state index contributed by atoms with van der Waals surface area (Å²) < 4.78 is 5.38. The Kier molecular flexibility index (Phi) is 4.10. The molecular formula is C16H22N2O3. The fourth-order valence-electron chi connectivity index (χ4n) is 3.32. The Morgan fingerprint density at radius 2 is 2.05 bits per heavy atom. The fourth-order valence-corrected chi connectivity index (χ4v) is 3.32. The maximum Gasteiger partial charge on any atom is 0.339 e. The van der Waals surface area contributed by atoms with Crippen LogP contribution < -0.4 is 4.90 Å². The Labute approximate surface area is 124 Å². The molecule has 5 nitrogen and oxygen atoms in total. The third-order valence-corrected chi connectivity index (χ3v) is 4.59. The summed E-state index contributed by atoms with van der Waals surface area (Å²) in [7, 11) is 1.74. The minimum Gasteiger partial charge on any atom is -0.478 e. The SMILES string of the molecule is COC1CCN(c2nc3c(cc2C(=O)O)CCCC3)CC1. The normalized spacial score (nSPS) is 19.4. The highest BCUT2D eigenvalue weighted by molar-refractivity contribution is 5.93. The average Bonchev–Trinajstić information content (AvgIpc) is 2.53. The predicted molar refractivity (Wildman–Crippen MR) is 80.1 cm³/mol. The second kappa shape index (κ2) is 6.02. The van der Waals surface area contributed by atoms with Crippen LogP contribution in [-0.2, 0) is 17.6 Å². The number of pyridine rings is 1. The molecule has 1 aliphatic carbocycles. The van der Waals surface area contributed by atoms with Crippen LogP contribution in [0.1, 0.15) is 47.3 Å². The van der Waals surface area contributed by atoms with Crippen molar-refractivity contribution in [3.05, 3.63) is 22.9 Å². The highest BCUT2D eigenvalue weighted by atomic mass is 16.5. The van der Waals surface area contributed by atoms with Crippen molar-refractivity contribution in [1.29, 1.82) is 0 Å². The number of aryl methyl sites for hydroxylation is 2. The van der Waals surface area contributed by atoms with Crippen LogP contribution in [0, 0.1) is 0 Å². The molecule has 2 aliphatic rings. The lowest BCUT2D eigenvalue weighted by Crippen LogP contribution is -2.38. The van der Waals surface area contributed by atoms with E-state index in [4.69, 9.17) is 9.72 Å². The molecule has 1 N–H and O–H groups in total. The Balaban J connectivity index is 1.91. The van der Waals surface area contributed by atoms with Crippen LogP contribution in [0.3, 0.4) is 0 Å². The van der Waals surface area contributed by atoms with Crippen molar-refractivity contribution in [2.24, 2.45) is 0 Å². The number of hydrogen-bond donors (Lipinski definition) is 1. The van der Waals surface area contributed by atoms with Gasteiger partial charge in [0.2, 0.25) is 0 Å². The first-order valence-corrected chi connectivity index (χ1v) is 7.73. The fraction of sp³-hybridized carbons (Fsp3) is 0.625. The van der Waals surface area contributed by atoms with Gasteiger partial charge in [0.25, 0.3) is 0 Å². The Morgan fingerprint density at radius 3 is 2.71 bits per heavy atom. The molecular weight excluding hydrogens is 268 g/mol. The van der Waals surface area contributed by atoms with Gasteiger partial charge in [0.1, 0.15) is 11.4 Å². The molecule has 3 rings (SSSR count). The molecule has 0 spiro atoms. The van der Waals surface area contributed by atoms with E-state index in [9.17, 15) is 9.90 Å². The molecule has 1 saturated heterocycles. The Hall–Kier alpha value is -1.62. The molecule has 0 amide bonds. The molecule has 0 saturated carbocycles. The van der Waals surface area contributed by atoms with Crippen LogP contribution in [0.25, 0.3) is 0 Å². The number of aromatic nitrogens is 1. The lowest BCUT2D eigenvalue weighted by molar-refractivity contribution is 0.0695. The van der Waals surface area contributed by atoms with Crippen molar-refractivity contribution in [1.82, 2.24) is 4.98 Å². The first-order chi connectivity index (χ1) is 10.2. The largest absolute Gasteiger partial charge is 0.478 e. The van der Waals surface area contributed by atoms with Crippen LogP contribution in [0.4, 0.5) is 5.82 Å². The molecule has 0 atom stereocenters. The van der Waals surface area contributed by atoms with Gasteiger partial charge in [0.05, 0.1) is 6.10 Å². The highest BCUT2D eigenvalue weighted by Gasteiger charge is 2.26. The Morgan fingerprint density at radius 1 is 1.33 bits per heavy atom. The van der Waals surface area contributed by atoms with E-state index in [1.54, 1.807) is 7.11 Å². The number of piperidine rings is 1. The molecule has 1 aromatic rings. The monoisotopic (exact) mass is 290 g/mol. The number of ether oxygens (including phenoxy) is 1. The number of carboxylic acids is 1. The molecule has 21 heavy (non-hydrogen) atoms. The minimum absolute atomic E-state index is 0.284. The first-order valence-electron chi connectivity index (χ1n) is 7.73. The van der Waals surface area contributed by atoms with Gasteiger partial charge < -0.3 is 14.7 Å². The van der Waals surface area contributed by atoms with E-state index in [-0.39, 0.29) is 6.10 Å². The van der Waals surface area contributed by atoms with E-state index in [0.717, 1.165) is 62.9 Å². The molecule has 0 bridgehead atoms. The number of hydrogen-bond acceptors (Lipinski definition) is 4. The average molecular weight is 290 g/mol. The molecule has 0 unspecified atom stereocenters. The van der Waals surface area contributed by atoms with E-state index in [2.05, 4.69) is 4.90 Å². The van der Waals surface area contributed by atoms with Crippen LogP contribution in [0.5, 0.6) is 0 Å². The molecule has 2 heterocycles. The first kappa shape index (κ1) is 14.3. The zero-order valence-electron chi connectivity index (χ0n) is 12.5. The second-order valence-corrected chi connectivity index (χ2v) is 5.90. The maximum atomic E-state index is 11.6. The number of rotatable bonds is 3.